The SMILES string of the molecule is [2H]CN[C@@H](CC(C)C)C(=O)N1CC2(CC2)C[C@H]1C(=O)N[C@@H](C[C@@H]1CCNC1=O)C(=O)COC(F)(F)F. The minimum absolute atomic E-state index is 0.153. The third-order valence-corrected chi connectivity index (χ3v) is 7.07. The van der Waals surface area contributed by atoms with Crippen LogP contribution in [0.25, 0.3) is 0 Å². The fourth-order valence-electron chi connectivity index (χ4n) is 4.95. The van der Waals surface area contributed by atoms with E-state index in [1.54, 1.807) is 0 Å². The van der Waals surface area contributed by atoms with Crippen LogP contribution in [0, 0.1) is 17.3 Å². The highest BCUT2D eigenvalue weighted by atomic mass is 19.4. The second-order valence-electron chi connectivity index (χ2n) is 10.3. The van der Waals surface area contributed by atoms with Crippen LogP contribution in [0.2, 0.25) is 0 Å². The number of hydrogen-bond acceptors (Lipinski definition) is 6. The predicted molar refractivity (Wildman–Crippen MR) is 119 cm³/mol. The Morgan fingerprint density at radius 3 is 2.54 bits per heavy atom. The molecule has 2 saturated heterocycles. The Hall–Kier alpha value is -2.21. The zero-order chi connectivity index (χ0) is 26.7. The number of amides is 3. The van der Waals surface area contributed by atoms with Gasteiger partial charge in [0.25, 0.3) is 0 Å². The summed E-state index contributed by atoms with van der Waals surface area (Å²) in [6, 6.07) is -2.90. The Bertz CT molecular complexity index is 852. The summed E-state index contributed by atoms with van der Waals surface area (Å²) in [4.78, 5) is 52.9. The van der Waals surface area contributed by atoms with Crippen molar-refractivity contribution in [3.05, 3.63) is 0 Å². The summed E-state index contributed by atoms with van der Waals surface area (Å²) >= 11 is 0. The maximum absolute atomic E-state index is 13.4. The van der Waals surface area contributed by atoms with Gasteiger partial charge in [0.1, 0.15) is 12.6 Å². The number of ketones is 1. The summed E-state index contributed by atoms with van der Waals surface area (Å²) in [5.41, 5.74) is -0.175. The molecule has 9 nitrogen and oxygen atoms in total. The smallest absolute Gasteiger partial charge is 0.356 e. The van der Waals surface area contributed by atoms with Gasteiger partial charge in [0.15, 0.2) is 5.78 Å². The van der Waals surface area contributed by atoms with E-state index in [4.69, 9.17) is 1.37 Å². The highest BCUT2D eigenvalue weighted by Gasteiger charge is 2.56. The highest BCUT2D eigenvalue weighted by Crippen LogP contribution is 2.55. The number of likely N-dealkylation sites (N-methyl/N-ethyl adjacent to an activating group) is 1. The summed E-state index contributed by atoms with van der Waals surface area (Å²) in [7, 11) is -0.168. The molecule has 2 aliphatic heterocycles. The number of carbonyl (C=O) groups is 4. The first kappa shape index (κ1) is 25.9. The van der Waals surface area contributed by atoms with E-state index in [0.29, 0.717) is 32.4 Å². The molecule has 35 heavy (non-hydrogen) atoms. The first-order chi connectivity index (χ1) is 16.8. The number of Topliss-reactive ketones (excluding diaryl/α,β-unsaturated/α-hetero) is 1. The van der Waals surface area contributed by atoms with Crippen LogP contribution in [0.3, 0.4) is 0 Å². The van der Waals surface area contributed by atoms with E-state index in [-0.39, 0.29) is 36.6 Å². The Morgan fingerprint density at radius 2 is 2.00 bits per heavy atom. The van der Waals surface area contributed by atoms with Gasteiger partial charge in [-0.1, -0.05) is 13.8 Å². The van der Waals surface area contributed by atoms with E-state index in [2.05, 4.69) is 20.7 Å². The molecule has 3 fully saturated rings. The molecule has 2 heterocycles. The van der Waals surface area contributed by atoms with Crippen LogP contribution in [0.5, 0.6) is 0 Å². The lowest BCUT2D eigenvalue weighted by Gasteiger charge is -2.30. The van der Waals surface area contributed by atoms with E-state index in [1.807, 2.05) is 13.8 Å². The predicted octanol–water partition coefficient (Wildman–Crippen LogP) is 1.12. The van der Waals surface area contributed by atoms with Crippen LogP contribution in [-0.4, -0.2) is 79.6 Å². The number of nitrogens with one attached hydrogen (secondary N) is 3. The zero-order valence-corrected chi connectivity index (χ0v) is 20.1. The average molecular weight is 506 g/mol. The minimum Gasteiger partial charge on any atom is -0.356 e. The van der Waals surface area contributed by atoms with Crippen LogP contribution < -0.4 is 16.0 Å². The van der Waals surface area contributed by atoms with Crippen LogP contribution >= 0.6 is 0 Å². The molecule has 0 radical (unpaired) electrons. The molecule has 3 N–H and O–H groups in total. The number of likely N-dealkylation sites (tertiary alicyclic amines) is 1. The maximum atomic E-state index is 13.4. The molecule has 1 spiro atoms. The third kappa shape index (κ3) is 7.16. The maximum Gasteiger partial charge on any atom is 0.522 e. The summed E-state index contributed by atoms with van der Waals surface area (Å²) in [6.45, 7) is 3.36. The fourth-order valence-corrected chi connectivity index (χ4v) is 4.95. The molecular weight excluding hydrogens is 469 g/mol. The monoisotopic (exact) mass is 505 g/mol. The Morgan fingerprint density at radius 1 is 1.29 bits per heavy atom. The quantitative estimate of drug-likeness (QED) is 0.388. The zero-order valence-electron chi connectivity index (χ0n) is 21.1. The van der Waals surface area contributed by atoms with Crippen LogP contribution in [-0.2, 0) is 23.9 Å². The normalized spacial score (nSPS) is 25.4. The van der Waals surface area contributed by atoms with Gasteiger partial charge in [-0.05, 0) is 56.9 Å². The van der Waals surface area contributed by atoms with Gasteiger partial charge in [0.05, 0.1) is 12.1 Å². The molecular formula is C23H35F3N4O5. The van der Waals surface area contributed by atoms with Gasteiger partial charge >= 0.3 is 6.36 Å². The van der Waals surface area contributed by atoms with Gasteiger partial charge in [0.2, 0.25) is 17.7 Å². The van der Waals surface area contributed by atoms with Gasteiger partial charge < -0.3 is 20.9 Å². The van der Waals surface area contributed by atoms with E-state index >= 15 is 0 Å². The molecule has 3 rings (SSSR count). The minimum atomic E-state index is -5.02. The van der Waals surface area contributed by atoms with Crippen molar-refractivity contribution in [1.29, 1.82) is 0 Å². The van der Waals surface area contributed by atoms with Gasteiger partial charge in [-0.2, -0.15) is 0 Å². The number of carbonyl (C=O) groups excluding carboxylic acids is 4. The van der Waals surface area contributed by atoms with Crippen molar-refractivity contribution in [2.75, 3.05) is 26.7 Å². The second kappa shape index (κ2) is 10.8. The van der Waals surface area contributed by atoms with Crippen molar-refractivity contribution in [3.8, 4) is 0 Å². The standard InChI is InChI=1S/C23H35F3N4O5/c1-13(2)8-16(27-3)21(34)30-12-22(5-6-22)10-17(30)20(33)29-15(9-14-4-7-28-19(14)32)18(31)11-35-23(24,25)26/h13-17,27H,4-12H2,1-3H3,(H,28,32)(H,29,33)/t14-,15-,16-,17-/m0/s1/i3D. The van der Waals surface area contributed by atoms with Crippen molar-refractivity contribution in [2.24, 2.45) is 17.3 Å². The first-order valence-corrected chi connectivity index (χ1v) is 12.0. The summed E-state index contributed by atoms with van der Waals surface area (Å²) in [5, 5.41) is 8.01. The topological polar surface area (TPSA) is 117 Å². The van der Waals surface area contributed by atoms with E-state index in [1.165, 1.54) is 4.90 Å². The summed E-state index contributed by atoms with van der Waals surface area (Å²) < 4.78 is 48.7. The molecule has 1 saturated carbocycles. The summed E-state index contributed by atoms with van der Waals surface area (Å²) in [5.74, 6) is -2.73. The lowest BCUT2D eigenvalue weighted by atomic mass is 9.95. The van der Waals surface area contributed by atoms with Gasteiger partial charge in [-0.3, -0.25) is 23.9 Å². The van der Waals surface area contributed by atoms with Crippen LogP contribution in [0.1, 0.15) is 53.7 Å². The number of rotatable bonds is 11. The van der Waals surface area contributed by atoms with Gasteiger partial charge in [0, 0.05) is 20.4 Å². The van der Waals surface area contributed by atoms with Crippen molar-refractivity contribution < 1.29 is 38.5 Å². The van der Waals surface area contributed by atoms with Crippen LogP contribution in [0.4, 0.5) is 13.2 Å². The number of alkyl halides is 3. The number of ether oxygens (including phenoxy) is 1. The molecule has 0 aromatic heterocycles. The highest BCUT2D eigenvalue weighted by molar-refractivity contribution is 5.95. The molecule has 0 aromatic carbocycles. The van der Waals surface area contributed by atoms with E-state index in [9.17, 15) is 32.3 Å². The van der Waals surface area contributed by atoms with Gasteiger partial charge in [-0.25, -0.2) is 0 Å². The second-order valence-corrected chi connectivity index (χ2v) is 10.3. The molecule has 0 bridgehead atoms. The fraction of sp³-hybridized carbons (Fsp3) is 0.826. The molecule has 198 valence electrons. The lowest BCUT2D eigenvalue weighted by molar-refractivity contribution is -0.321. The van der Waals surface area contributed by atoms with Crippen molar-refractivity contribution in [3.63, 3.8) is 0 Å². The molecule has 4 atom stereocenters. The molecule has 0 unspecified atom stereocenters. The van der Waals surface area contributed by atoms with Crippen molar-refractivity contribution in [2.45, 2.75) is 76.9 Å². The Labute approximate surface area is 204 Å². The molecule has 1 aliphatic carbocycles. The van der Waals surface area contributed by atoms with E-state index in [0.717, 1.165) is 12.8 Å². The molecule has 3 amide bonds. The largest absolute Gasteiger partial charge is 0.522 e. The Kier molecular flexibility index (Phi) is 7.99. The number of nitrogens with zero attached hydrogens (tertiary/aromatic N) is 1. The molecule has 0 aromatic rings. The first-order valence-electron chi connectivity index (χ1n) is 12.7. The van der Waals surface area contributed by atoms with E-state index < -0.39 is 48.7 Å². The molecule has 3 aliphatic rings. The average Bonchev–Trinajstić information content (AvgIpc) is 3.25. The lowest BCUT2D eigenvalue weighted by Crippen LogP contribution is -2.55. The van der Waals surface area contributed by atoms with Gasteiger partial charge in [-0.15, -0.1) is 13.2 Å². The molecule has 12 heteroatoms. The number of hydrogen-bond donors (Lipinski definition) is 3. The summed E-state index contributed by atoms with van der Waals surface area (Å²) in [6.07, 6.45) is -2.20. The van der Waals surface area contributed by atoms with Crippen LogP contribution in [0.15, 0.2) is 0 Å². The number of halogens is 3. The third-order valence-electron chi connectivity index (χ3n) is 7.07. The van der Waals surface area contributed by atoms with Crippen molar-refractivity contribution >= 4 is 23.5 Å². The van der Waals surface area contributed by atoms with Crippen molar-refractivity contribution in [1.82, 2.24) is 20.9 Å². The Balaban J connectivity index is 1.75.